The molecule has 2 heterocycles. The summed E-state index contributed by atoms with van der Waals surface area (Å²) in [6, 6.07) is 8.67. The fourth-order valence-corrected chi connectivity index (χ4v) is 3.17. The van der Waals surface area contributed by atoms with Gasteiger partial charge >= 0.3 is 11.2 Å². The zero-order valence-electron chi connectivity index (χ0n) is 15.9. The number of hydrogen-bond acceptors (Lipinski definition) is 6. The van der Waals surface area contributed by atoms with Gasteiger partial charge in [0.05, 0.1) is 26.0 Å². The van der Waals surface area contributed by atoms with Crippen LogP contribution in [0.5, 0.6) is 17.2 Å². The molecule has 2 aromatic heterocycles. The summed E-state index contributed by atoms with van der Waals surface area (Å²) in [6.45, 7) is 1.93. The van der Waals surface area contributed by atoms with Crippen LogP contribution in [0.2, 0.25) is 0 Å². The largest absolute Gasteiger partial charge is 0.502 e. The molecule has 0 aliphatic rings. The zero-order chi connectivity index (χ0) is 20.7. The van der Waals surface area contributed by atoms with Crippen molar-refractivity contribution in [2.24, 2.45) is 5.10 Å². The highest BCUT2D eigenvalue weighted by atomic mass is 16.5. The van der Waals surface area contributed by atoms with E-state index in [9.17, 15) is 14.7 Å². The standard InChI is InChI=1S/C20H18N4O5/c1-10-4-5-13-12(6-10)16-17(22-13)19(26)24(20(27)23-16)21-9-11-7-14(28-2)18(25)15(8-11)29-3/h4-9,22,25H,1-3H3,(H,23,27). The second kappa shape index (κ2) is 6.86. The highest BCUT2D eigenvalue weighted by Gasteiger charge is 2.13. The molecule has 4 aromatic rings. The van der Waals surface area contributed by atoms with Gasteiger partial charge in [0.15, 0.2) is 11.5 Å². The predicted octanol–water partition coefficient (Wildman–Crippen LogP) is 2.08. The average Bonchev–Trinajstić information content (AvgIpc) is 3.06. The van der Waals surface area contributed by atoms with Gasteiger partial charge in [0.25, 0.3) is 0 Å². The smallest absolute Gasteiger partial charge is 0.350 e. The van der Waals surface area contributed by atoms with Gasteiger partial charge in [-0.3, -0.25) is 4.79 Å². The lowest BCUT2D eigenvalue weighted by Crippen LogP contribution is -2.32. The van der Waals surface area contributed by atoms with Crippen molar-refractivity contribution in [3.63, 3.8) is 0 Å². The van der Waals surface area contributed by atoms with Gasteiger partial charge in [0.1, 0.15) is 5.52 Å². The Morgan fingerprint density at radius 2 is 1.72 bits per heavy atom. The van der Waals surface area contributed by atoms with Crippen molar-refractivity contribution in [1.29, 1.82) is 0 Å². The molecule has 0 amide bonds. The van der Waals surface area contributed by atoms with Gasteiger partial charge in [-0.15, -0.1) is 4.68 Å². The SMILES string of the molecule is COc1cc(C=Nn2c(=O)[nH]c3c([nH]c4ccc(C)cc43)c2=O)cc(OC)c1O. The van der Waals surface area contributed by atoms with Crippen LogP contribution in [0.3, 0.4) is 0 Å². The molecule has 0 saturated carbocycles. The maximum absolute atomic E-state index is 12.8. The molecule has 29 heavy (non-hydrogen) atoms. The van der Waals surface area contributed by atoms with Crippen LogP contribution in [0.25, 0.3) is 21.9 Å². The van der Waals surface area contributed by atoms with Crippen LogP contribution in [0, 0.1) is 6.92 Å². The number of fused-ring (bicyclic) bond motifs is 3. The van der Waals surface area contributed by atoms with E-state index in [-0.39, 0.29) is 22.8 Å². The van der Waals surface area contributed by atoms with Gasteiger partial charge in [-0.2, -0.15) is 5.10 Å². The van der Waals surface area contributed by atoms with Crippen LogP contribution < -0.4 is 20.7 Å². The van der Waals surface area contributed by atoms with Crippen LogP contribution in [0.15, 0.2) is 45.0 Å². The molecule has 9 heteroatoms. The van der Waals surface area contributed by atoms with E-state index < -0.39 is 11.2 Å². The number of phenols is 1. The first-order chi connectivity index (χ1) is 13.9. The molecule has 4 rings (SSSR count). The van der Waals surface area contributed by atoms with Crippen molar-refractivity contribution in [3.05, 3.63) is 62.3 Å². The summed E-state index contributed by atoms with van der Waals surface area (Å²) in [5, 5.41) is 14.8. The van der Waals surface area contributed by atoms with E-state index >= 15 is 0 Å². The highest BCUT2D eigenvalue weighted by molar-refractivity contribution is 6.04. The number of methoxy groups -OCH3 is 2. The molecule has 0 aliphatic carbocycles. The Labute approximate surface area is 163 Å². The number of aromatic hydroxyl groups is 1. The Morgan fingerprint density at radius 3 is 2.38 bits per heavy atom. The van der Waals surface area contributed by atoms with Crippen LogP contribution in [0.4, 0.5) is 0 Å². The topological polar surface area (TPSA) is 122 Å². The van der Waals surface area contributed by atoms with Crippen molar-refractivity contribution >= 4 is 28.2 Å². The van der Waals surface area contributed by atoms with Crippen molar-refractivity contribution in [2.45, 2.75) is 6.92 Å². The van der Waals surface area contributed by atoms with Gasteiger partial charge in [-0.05, 0) is 31.2 Å². The maximum Gasteiger partial charge on any atom is 0.350 e. The maximum atomic E-state index is 12.8. The van der Waals surface area contributed by atoms with Gasteiger partial charge in [0, 0.05) is 16.5 Å². The van der Waals surface area contributed by atoms with Crippen molar-refractivity contribution < 1.29 is 14.6 Å². The Kier molecular flexibility index (Phi) is 4.34. The van der Waals surface area contributed by atoms with Crippen molar-refractivity contribution in [3.8, 4) is 17.2 Å². The lowest BCUT2D eigenvalue weighted by molar-refractivity contribution is 0.340. The molecule has 148 valence electrons. The molecule has 9 nitrogen and oxygen atoms in total. The van der Waals surface area contributed by atoms with E-state index in [2.05, 4.69) is 15.1 Å². The number of benzene rings is 2. The fraction of sp³-hybridized carbons (Fsp3) is 0.150. The third kappa shape index (κ3) is 3.02. The molecule has 0 unspecified atom stereocenters. The lowest BCUT2D eigenvalue weighted by Gasteiger charge is -2.09. The highest BCUT2D eigenvalue weighted by Crippen LogP contribution is 2.36. The summed E-state index contributed by atoms with van der Waals surface area (Å²) in [5.74, 6) is 0.193. The first-order valence-corrected chi connectivity index (χ1v) is 8.69. The lowest BCUT2D eigenvalue weighted by atomic mass is 10.2. The van der Waals surface area contributed by atoms with Crippen molar-refractivity contribution in [1.82, 2.24) is 14.6 Å². The molecular weight excluding hydrogens is 376 g/mol. The van der Waals surface area contributed by atoms with E-state index in [1.165, 1.54) is 32.6 Å². The molecule has 2 aromatic carbocycles. The third-order valence-electron chi connectivity index (χ3n) is 4.61. The van der Waals surface area contributed by atoms with E-state index in [4.69, 9.17) is 9.47 Å². The Balaban J connectivity index is 1.86. The molecule has 0 fully saturated rings. The van der Waals surface area contributed by atoms with Crippen LogP contribution in [-0.4, -0.2) is 40.2 Å². The second-order valence-electron chi connectivity index (χ2n) is 6.49. The van der Waals surface area contributed by atoms with Crippen LogP contribution in [0.1, 0.15) is 11.1 Å². The number of aryl methyl sites for hydroxylation is 1. The number of H-pyrrole nitrogens is 2. The number of ether oxygens (including phenoxy) is 2. The van der Waals surface area contributed by atoms with Gasteiger partial charge < -0.3 is 24.5 Å². The Hall–Kier alpha value is -4.01. The van der Waals surface area contributed by atoms with Gasteiger partial charge in [0.2, 0.25) is 5.75 Å². The summed E-state index contributed by atoms with van der Waals surface area (Å²) in [4.78, 5) is 31.1. The van der Waals surface area contributed by atoms with Gasteiger partial charge in [-0.1, -0.05) is 11.6 Å². The van der Waals surface area contributed by atoms with Gasteiger partial charge in [-0.25, -0.2) is 4.79 Å². The summed E-state index contributed by atoms with van der Waals surface area (Å²) < 4.78 is 10.9. The number of nitrogens with one attached hydrogen (secondary N) is 2. The van der Waals surface area contributed by atoms with Crippen LogP contribution >= 0.6 is 0 Å². The van der Waals surface area contributed by atoms with Crippen molar-refractivity contribution in [2.75, 3.05) is 14.2 Å². The average molecular weight is 394 g/mol. The quantitative estimate of drug-likeness (QED) is 0.458. The van der Waals surface area contributed by atoms with E-state index in [0.29, 0.717) is 11.1 Å². The first kappa shape index (κ1) is 18.4. The summed E-state index contributed by atoms with van der Waals surface area (Å²) in [6.07, 6.45) is 1.31. The predicted molar refractivity (Wildman–Crippen MR) is 110 cm³/mol. The Bertz CT molecular complexity index is 1370. The van der Waals surface area contributed by atoms with E-state index in [1.54, 1.807) is 0 Å². The number of nitrogens with zero attached hydrogens (tertiary/aromatic N) is 2. The van der Waals surface area contributed by atoms with E-state index in [1.807, 2.05) is 25.1 Å². The summed E-state index contributed by atoms with van der Waals surface area (Å²) >= 11 is 0. The monoisotopic (exact) mass is 394 g/mol. The number of phenolic OH excluding ortho intramolecular Hbond substituents is 1. The molecule has 3 N–H and O–H groups in total. The fourth-order valence-electron chi connectivity index (χ4n) is 3.17. The minimum absolute atomic E-state index is 0.156. The molecule has 0 spiro atoms. The van der Waals surface area contributed by atoms with Crippen LogP contribution in [-0.2, 0) is 0 Å². The Morgan fingerprint density at radius 1 is 1.03 bits per heavy atom. The third-order valence-corrected chi connectivity index (χ3v) is 4.61. The van der Waals surface area contributed by atoms with E-state index in [0.717, 1.165) is 21.1 Å². The molecule has 0 radical (unpaired) electrons. The zero-order valence-corrected chi connectivity index (χ0v) is 15.9. The minimum atomic E-state index is -0.668. The summed E-state index contributed by atoms with van der Waals surface area (Å²) in [5.41, 5.74) is 1.67. The molecular formula is C20H18N4O5. The normalized spacial score (nSPS) is 11.6. The molecule has 0 bridgehead atoms. The first-order valence-electron chi connectivity index (χ1n) is 8.69. The molecule has 0 aliphatic heterocycles. The number of hydrogen-bond donors (Lipinski definition) is 3. The second-order valence-corrected chi connectivity index (χ2v) is 6.49. The molecule has 0 atom stereocenters. The molecule has 0 saturated heterocycles. The minimum Gasteiger partial charge on any atom is -0.502 e. The number of aromatic amines is 2. The number of rotatable bonds is 4. The number of aromatic nitrogens is 3. The summed E-state index contributed by atoms with van der Waals surface area (Å²) in [7, 11) is 2.80.